The van der Waals surface area contributed by atoms with Crippen LogP contribution in [0.4, 0.5) is 5.69 Å². The van der Waals surface area contributed by atoms with Gasteiger partial charge in [0.05, 0.1) is 13.3 Å². The van der Waals surface area contributed by atoms with E-state index in [0.717, 1.165) is 10.2 Å². The molecule has 1 unspecified atom stereocenters. The summed E-state index contributed by atoms with van der Waals surface area (Å²) in [5, 5.41) is 17.3. The lowest BCUT2D eigenvalue weighted by molar-refractivity contribution is -0.121. The molecule has 1 atom stereocenters. The number of benzene rings is 2. The first-order chi connectivity index (χ1) is 11.9. The predicted octanol–water partition coefficient (Wildman–Crippen LogP) is 3.77. The largest absolute Gasteiger partial charge is 0.504 e. The van der Waals surface area contributed by atoms with E-state index in [9.17, 15) is 9.90 Å². The second kappa shape index (κ2) is 8.73. The summed E-state index contributed by atoms with van der Waals surface area (Å²) < 4.78 is 5.97. The maximum absolute atomic E-state index is 12.1. The Bertz CT molecular complexity index is 781. The Morgan fingerprint density at radius 3 is 2.68 bits per heavy atom. The standard InChI is InChI=1S/C17H17BrClN3O3/c1-10(21-14-5-3-12(18)4-6-14)17(24)22-20-9-11-7-13(19)8-15(25-2)16(11)23/h3-10,21,23H,1-2H3,(H,22,24). The predicted molar refractivity (Wildman–Crippen MR) is 103 cm³/mol. The molecule has 0 saturated heterocycles. The quantitative estimate of drug-likeness (QED) is 0.485. The number of anilines is 1. The fraction of sp³-hybridized carbons (Fsp3) is 0.176. The molecular weight excluding hydrogens is 410 g/mol. The number of carbonyl (C=O) groups excluding carboxylic acids is 1. The van der Waals surface area contributed by atoms with Crippen molar-refractivity contribution in [1.29, 1.82) is 0 Å². The number of nitrogens with one attached hydrogen (secondary N) is 2. The Balaban J connectivity index is 1.98. The van der Waals surface area contributed by atoms with Gasteiger partial charge in [0.15, 0.2) is 11.5 Å². The minimum atomic E-state index is -0.499. The monoisotopic (exact) mass is 425 g/mol. The van der Waals surface area contributed by atoms with Gasteiger partial charge in [0.2, 0.25) is 0 Å². The second-order valence-electron chi connectivity index (χ2n) is 5.15. The molecule has 25 heavy (non-hydrogen) atoms. The molecule has 2 aromatic carbocycles. The number of rotatable bonds is 6. The summed E-state index contributed by atoms with van der Waals surface area (Å²) in [6, 6.07) is 9.96. The van der Waals surface area contributed by atoms with Crippen LogP contribution in [0.15, 0.2) is 46.0 Å². The molecule has 1 amide bonds. The zero-order valence-electron chi connectivity index (χ0n) is 13.6. The summed E-state index contributed by atoms with van der Waals surface area (Å²) in [4.78, 5) is 12.1. The molecule has 3 N–H and O–H groups in total. The molecular formula is C17H17BrClN3O3. The number of ether oxygens (including phenoxy) is 1. The van der Waals surface area contributed by atoms with Crippen LogP contribution in [0.2, 0.25) is 5.02 Å². The van der Waals surface area contributed by atoms with Crippen molar-refractivity contribution in [3.8, 4) is 11.5 Å². The lowest BCUT2D eigenvalue weighted by atomic mass is 10.2. The number of hydrazone groups is 1. The van der Waals surface area contributed by atoms with E-state index in [1.54, 1.807) is 6.92 Å². The third-order valence-electron chi connectivity index (χ3n) is 3.29. The highest BCUT2D eigenvalue weighted by molar-refractivity contribution is 9.10. The highest BCUT2D eigenvalue weighted by atomic mass is 79.9. The normalized spacial score (nSPS) is 12.0. The zero-order chi connectivity index (χ0) is 18.4. The van der Waals surface area contributed by atoms with Gasteiger partial charge in [-0.2, -0.15) is 5.10 Å². The van der Waals surface area contributed by atoms with E-state index in [0.29, 0.717) is 10.6 Å². The van der Waals surface area contributed by atoms with E-state index in [1.807, 2.05) is 24.3 Å². The van der Waals surface area contributed by atoms with Crippen molar-refractivity contribution in [3.05, 3.63) is 51.5 Å². The van der Waals surface area contributed by atoms with E-state index in [2.05, 4.69) is 31.8 Å². The first-order valence-corrected chi connectivity index (χ1v) is 8.49. The molecule has 132 valence electrons. The fourth-order valence-electron chi connectivity index (χ4n) is 1.97. The number of halogens is 2. The molecule has 2 aromatic rings. The number of methoxy groups -OCH3 is 1. The maximum Gasteiger partial charge on any atom is 0.262 e. The number of hydrogen-bond acceptors (Lipinski definition) is 5. The highest BCUT2D eigenvalue weighted by Gasteiger charge is 2.12. The van der Waals surface area contributed by atoms with Gasteiger partial charge in [0, 0.05) is 26.8 Å². The van der Waals surface area contributed by atoms with Crippen LogP contribution in [0.3, 0.4) is 0 Å². The number of aromatic hydroxyl groups is 1. The Morgan fingerprint density at radius 2 is 2.04 bits per heavy atom. The third kappa shape index (κ3) is 5.37. The van der Waals surface area contributed by atoms with Gasteiger partial charge in [-0.1, -0.05) is 27.5 Å². The van der Waals surface area contributed by atoms with Crippen LogP contribution in [0.1, 0.15) is 12.5 Å². The van der Waals surface area contributed by atoms with Crippen LogP contribution in [0, 0.1) is 0 Å². The maximum atomic E-state index is 12.1. The molecule has 0 saturated carbocycles. The van der Waals surface area contributed by atoms with Gasteiger partial charge in [-0.05, 0) is 37.3 Å². The van der Waals surface area contributed by atoms with E-state index < -0.39 is 6.04 Å². The molecule has 0 heterocycles. The molecule has 0 spiro atoms. The third-order valence-corrected chi connectivity index (χ3v) is 4.04. The van der Waals surface area contributed by atoms with E-state index >= 15 is 0 Å². The van der Waals surface area contributed by atoms with Crippen LogP contribution < -0.4 is 15.5 Å². The summed E-state index contributed by atoms with van der Waals surface area (Å²) in [6.07, 6.45) is 1.30. The smallest absolute Gasteiger partial charge is 0.262 e. The number of hydrogen-bond donors (Lipinski definition) is 3. The molecule has 0 radical (unpaired) electrons. The summed E-state index contributed by atoms with van der Waals surface area (Å²) in [5.74, 6) is -0.205. The van der Waals surface area contributed by atoms with Gasteiger partial charge in [-0.3, -0.25) is 4.79 Å². The number of carbonyl (C=O) groups is 1. The van der Waals surface area contributed by atoms with Gasteiger partial charge in [0.25, 0.3) is 5.91 Å². The van der Waals surface area contributed by atoms with Crippen molar-refractivity contribution in [2.75, 3.05) is 12.4 Å². The Kier molecular flexibility index (Phi) is 6.66. The highest BCUT2D eigenvalue weighted by Crippen LogP contribution is 2.32. The van der Waals surface area contributed by atoms with Gasteiger partial charge >= 0.3 is 0 Å². The van der Waals surface area contributed by atoms with Crippen LogP contribution in [0.25, 0.3) is 0 Å². The van der Waals surface area contributed by atoms with Crippen LogP contribution >= 0.6 is 27.5 Å². The topological polar surface area (TPSA) is 83.0 Å². The van der Waals surface area contributed by atoms with Crippen molar-refractivity contribution < 1.29 is 14.6 Å². The Labute approximate surface area is 159 Å². The van der Waals surface area contributed by atoms with Gasteiger partial charge in [-0.25, -0.2) is 5.43 Å². The number of amides is 1. The Morgan fingerprint density at radius 1 is 1.36 bits per heavy atom. The van der Waals surface area contributed by atoms with Gasteiger partial charge in [0.1, 0.15) is 6.04 Å². The minimum Gasteiger partial charge on any atom is -0.504 e. The molecule has 0 fully saturated rings. The van der Waals surface area contributed by atoms with E-state index in [4.69, 9.17) is 16.3 Å². The van der Waals surface area contributed by atoms with Crippen molar-refractivity contribution in [2.45, 2.75) is 13.0 Å². The number of nitrogens with zero attached hydrogens (tertiary/aromatic N) is 1. The summed E-state index contributed by atoms with van der Waals surface area (Å²) >= 11 is 9.29. The van der Waals surface area contributed by atoms with Crippen LogP contribution in [0.5, 0.6) is 11.5 Å². The van der Waals surface area contributed by atoms with Crippen molar-refractivity contribution in [2.24, 2.45) is 5.10 Å². The average molecular weight is 427 g/mol. The molecule has 0 aliphatic heterocycles. The lowest BCUT2D eigenvalue weighted by Gasteiger charge is -2.13. The molecule has 8 heteroatoms. The Hall–Kier alpha value is -2.25. The number of phenolic OH excluding ortho intramolecular Hbond substituents is 1. The van der Waals surface area contributed by atoms with Crippen molar-refractivity contribution in [3.63, 3.8) is 0 Å². The van der Waals surface area contributed by atoms with E-state index in [-0.39, 0.29) is 17.4 Å². The fourth-order valence-corrected chi connectivity index (χ4v) is 2.45. The summed E-state index contributed by atoms with van der Waals surface area (Å²) in [7, 11) is 1.42. The van der Waals surface area contributed by atoms with E-state index in [1.165, 1.54) is 25.5 Å². The summed E-state index contributed by atoms with van der Waals surface area (Å²) in [6.45, 7) is 1.72. The van der Waals surface area contributed by atoms with Crippen molar-refractivity contribution >= 4 is 45.3 Å². The lowest BCUT2D eigenvalue weighted by Crippen LogP contribution is -2.34. The zero-order valence-corrected chi connectivity index (χ0v) is 15.9. The molecule has 0 aliphatic rings. The van der Waals surface area contributed by atoms with Crippen LogP contribution in [-0.4, -0.2) is 30.4 Å². The molecule has 0 bridgehead atoms. The van der Waals surface area contributed by atoms with Crippen LogP contribution in [-0.2, 0) is 4.79 Å². The molecule has 6 nitrogen and oxygen atoms in total. The minimum absolute atomic E-state index is 0.106. The van der Waals surface area contributed by atoms with Gasteiger partial charge in [-0.15, -0.1) is 0 Å². The first-order valence-electron chi connectivity index (χ1n) is 7.32. The molecule has 0 aromatic heterocycles. The summed E-state index contributed by atoms with van der Waals surface area (Å²) in [5.41, 5.74) is 3.55. The SMILES string of the molecule is COc1cc(Cl)cc(C=NNC(=O)C(C)Nc2ccc(Br)cc2)c1O. The average Bonchev–Trinajstić information content (AvgIpc) is 2.59. The first kappa shape index (κ1) is 19.1. The van der Waals surface area contributed by atoms with Gasteiger partial charge < -0.3 is 15.2 Å². The number of phenols is 1. The molecule has 0 aliphatic carbocycles. The van der Waals surface area contributed by atoms with Crippen molar-refractivity contribution in [1.82, 2.24) is 5.43 Å². The molecule has 2 rings (SSSR count). The second-order valence-corrected chi connectivity index (χ2v) is 6.51.